The first kappa shape index (κ1) is 33.3. The van der Waals surface area contributed by atoms with E-state index >= 15 is 0 Å². The van der Waals surface area contributed by atoms with Crippen molar-refractivity contribution in [3.8, 4) is 0 Å². The van der Waals surface area contributed by atoms with Crippen molar-refractivity contribution < 1.29 is 51.3 Å². The van der Waals surface area contributed by atoms with E-state index < -0.39 is 0 Å². The van der Waals surface area contributed by atoms with E-state index in [1.807, 2.05) is 13.8 Å². The predicted molar refractivity (Wildman–Crippen MR) is 141 cm³/mol. The monoisotopic (exact) mass is 565 g/mol. The summed E-state index contributed by atoms with van der Waals surface area (Å²) in [6, 6.07) is 32.3. The van der Waals surface area contributed by atoms with Crippen molar-refractivity contribution >= 4 is 7.28 Å². The van der Waals surface area contributed by atoms with E-state index in [2.05, 4.69) is 103 Å². The minimum Gasteiger partial charge on any atom is -0.677 e. The van der Waals surface area contributed by atoms with Gasteiger partial charge in [0.2, 0.25) is 0 Å². The first-order valence-corrected chi connectivity index (χ1v) is 11.7. The van der Waals surface area contributed by atoms with Gasteiger partial charge < -0.3 is 18.1 Å². The van der Waals surface area contributed by atoms with E-state index in [9.17, 15) is 0 Å². The SMILES string of the molecule is CC.[CH3-].[NH-]CC1(c2ccccc2)CCN(C[B]C(c2ccccc2)c2ccccc2)CC1.[V].[Y]. The standard InChI is InChI=1S/C26H29BN2.C2H6.CH3.V.Y/c28-20-26(24-14-8-3-9-15-24)16-18-29(19-17-26)21-27-25(22-10-4-1-5-11-22)23-12-6-2-7-13-23;1-2;;;/h1-15,25,28H,16-21H2;1-2H3;1H3;;/q-1;;-1;;. The molecule has 0 spiro atoms. The number of likely N-dealkylation sites (tertiary alicyclic amines) is 1. The molecule has 3 aromatic rings. The van der Waals surface area contributed by atoms with Gasteiger partial charge in [-0.15, -0.1) is 6.54 Å². The fraction of sp³-hybridized carbons (Fsp3) is 0.345. The van der Waals surface area contributed by atoms with Gasteiger partial charge in [0.05, 0.1) is 0 Å². The summed E-state index contributed by atoms with van der Waals surface area (Å²) in [5.41, 5.74) is 12.3. The molecule has 0 saturated carbocycles. The van der Waals surface area contributed by atoms with Crippen molar-refractivity contribution in [3.63, 3.8) is 0 Å². The molecule has 0 aliphatic carbocycles. The van der Waals surface area contributed by atoms with E-state index in [-0.39, 0.29) is 64.1 Å². The molecule has 0 aromatic heterocycles. The minimum atomic E-state index is 0. The molecule has 1 aliphatic heterocycles. The first-order chi connectivity index (χ1) is 15.3. The van der Waals surface area contributed by atoms with Crippen molar-refractivity contribution in [2.45, 2.75) is 37.9 Å². The zero-order chi connectivity index (χ0) is 21.9. The minimum absolute atomic E-state index is 0. The molecule has 1 N–H and O–H groups in total. The first-order valence-electron chi connectivity index (χ1n) is 11.7. The maximum Gasteiger partial charge on any atom is 0.144 e. The molecule has 1 fully saturated rings. The van der Waals surface area contributed by atoms with Crippen LogP contribution in [0.25, 0.3) is 5.73 Å². The van der Waals surface area contributed by atoms with Crippen LogP contribution in [0.2, 0.25) is 0 Å². The van der Waals surface area contributed by atoms with E-state index in [0.717, 1.165) is 32.4 Å². The van der Waals surface area contributed by atoms with Crippen LogP contribution in [0, 0.1) is 7.43 Å². The molecule has 3 radical (unpaired) electrons. The molecular weight excluding hydrogens is 527 g/mol. The van der Waals surface area contributed by atoms with E-state index in [0.29, 0.717) is 12.4 Å². The third-order valence-electron chi connectivity index (χ3n) is 6.45. The predicted octanol–water partition coefficient (Wildman–Crippen LogP) is 7.00. The molecule has 1 heterocycles. The van der Waals surface area contributed by atoms with Crippen LogP contribution in [0.3, 0.4) is 0 Å². The third-order valence-corrected chi connectivity index (χ3v) is 6.45. The Bertz CT molecular complexity index is 833. The summed E-state index contributed by atoms with van der Waals surface area (Å²) >= 11 is 0. The molecule has 0 amide bonds. The fourth-order valence-corrected chi connectivity index (χ4v) is 4.56. The summed E-state index contributed by atoms with van der Waals surface area (Å²) in [6.07, 6.45) is 3.11. The number of rotatable bonds is 7. The molecule has 0 bridgehead atoms. The number of hydrogen-bond donors (Lipinski definition) is 0. The molecule has 34 heavy (non-hydrogen) atoms. The van der Waals surface area contributed by atoms with Crippen LogP contribution in [-0.4, -0.2) is 38.3 Å². The van der Waals surface area contributed by atoms with Crippen LogP contribution < -0.4 is 0 Å². The molecular formula is C29H38BN2VY-2. The Labute approximate surface area is 246 Å². The van der Waals surface area contributed by atoms with Crippen LogP contribution in [0.1, 0.15) is 49.2 Å². The van der Waals surface area contributed by atoms with E-state index in [1.165, 1.54) is 16.7 Å². The van der Waals surface area contributed by atoms with E-state index in [1.54, 1.807) is 0 Å². The molecule has 1 aliphatic rings. The van der Waals surface area contributed by atoms with Crippen LogP contribution >= 0.6 is 0 Å². The number of piperidine rings is 1. The second-order valence-corrected chi connectivity index (χ2v) is 8.16. The van der Waals surface area contributed by atoms with Crippen LogP contribution in [0.15, 0.2) is 91.0 Å². The topological polar surface area (TPSA) is 27.0 Å². The van der Waals surface area contributed by atoms with Crippen LogP contribution in [0.4, 0.5) is 0 Å². The smallest absolute Gasteiger partial charge is 0.144 e. The number of benzene rings is 3. The van der Waals surface area contributed by atoms with Crippen molar-refractivity contribution in [2.75, 3.05) is 26.1 Å². The number of hydrogen-bond acceptors (Lipinski definition) is 1. The normalized spacial score (nSPS) is 14.4. The molecule has 177 valence electrons. The molecule has 0 atom stereocenters. The zero-order valence-corrected chi connectivity index (χ0v) is 25.3. The molecule has 1 saturated heterocycles. The molecule has 4 rings (SSSR count). The van der Waals surface area contributed by atoms with Gasteiger partial charge in [-0.25, -0.2) is 0 Å². The Hall–Kier alpha value is -0.667. The average molecular weight is 565 g/mol. The van der Waals surface area contributed by atoms with Gasteiger partial charge in [-0.3, -0.25) is 0 Å². The average Bonchev–Trinajstić information content (AvgIpc) is 2.88. The second kappa shape index (κ2) is 17.7. The van der Waals surface area contributed by atoms with Gasteiger partial charge in [0.1, 0.15) is 7.28 Å². The summed E-state index contributed by atoms with van der Waals surface area (Å²) in [5, 5.41) is 0. The maximum absolute atomic E-state index is 8.22. The maximum atomic E-state index is 8.22. The van der Waals surface area contributed by atoms with Crippen molar-refractivity contribution in [3.05, 3.63) is 121 Å². The molecule has 0 unspecified atom stereocenters. The van der Waals surface area contributed by atoms with Gasteiger partial charge >= 0.3 is 0 Å². The van der Waals surface area contributed by atoms with Gasteiger partial charge in [0, 0.05) is 51.3 Å². The summed E-state index contributed by atoms with van der Waals surface area (Å²) in [7, 11) is 2.46. The van der Waals surface area contributed by atoms with Crippen LogP contribution in [-0.2, 0) is 56.7 Å². The summed E-state index contributed by atoms with van der Waals surface area (Å²) in [5.74, 6) is 0.314. The summed E-state index contributed by atoms with van der Waals surface area (Å²) < 4.78 is 0. The summed E-state index contributed by atoms with van der Waals surface area (Å²) in [6.45, 7) is 6.59. The van der Waals surface area contributed by atoms with Crippen molar-refractivity contribution in [2.24, 2.45) is 0 Å². The number of nitrogens with zero attached hydrogens (tertiary/aromatic N) is 1. The van der Waals surface area contributed by atoms with Gasteiger partial charge in [-0.1, -0.05) is 105 Å². The van der Waals surface area contributed by atoms with Gasteiger partial charge in [0.25, 0.3) is 0 Å². The number of nitrogens with one attached hydrogen (secondary N) is 1. The Kier molecular flexibility index (Phi) is 17.4. The Morgan fingerprint density at radius 3 is 1.62 bits per heavy atom. The Morgan fingerprint density at radius 1 is 0.794 bits per heavy atom. The Balaban J connectivity index is 0.00000212. The van der Waals surface area contributed by atoms with Gasteiger partial charge in [-0.2, -0.15) is 0 Å². The van der Waals surface area contributed by atoms with Crippen molar-refractivity contribution in [1.82, 2.24) is 4.90 Å². The van der Waals surface area contributed by atoms with Gasteiger partial charge in [0.15, 0.2) is 0 Å². The molecule has 3 aromatic carbocycles. The zero-order valence-electron chi connectivity index (χ0n) is 21.0. The second-order valence-electron chi connectivity index (χ2n) is 8.16. The molecule has 2 nitrogen and oxygen atoms in total. The fourth-order valence-electron chi connectivity index (χ4n) is 4.56. The van der Waals surface area contributed by atoms with E-state index in [4.69, 9.17) is 5.73 Å². The Morgan fingerprint density at radius 2 is 1.21 bits per heavy atom. The van der Waals surface area contributed by atoms with Crippen LogP contribution in [0.5, 0.6) is 0 Å². The van der Waals surface area contributed by atoms with Crippen molar-refractivity contribution in [1.29, 1.82) is 0 Å². The summed E-state index contributed by atoms with van der Waals surface area (Å²) in [4.78, 5) is 2.55. The van der Waals surface area contributed by atoms with Gasteiger partial charge in [-0.05, 0) is 60.3 Å². The quantitative estimate of drug-likeness (QED) is 0.224. The molecule has 5 heteroatoms. The largest absolute Gasteiger partial charge is 0.677 e. The third kappa shape index (κ3) is 8.77.